The molecule has 0 aliphatic carbocycles. The highest BCUT2D eigenvalue weighted by atomic mass is 32.2. The van der Waals surface area contributed by atoms with E-state index in [4.69, 9.17) is 0 Å². The molecule has 0 unspecified atom stereocenters. The molecular formula is C22H25FN4O2S. The number of pyridine rings is 1. The van der Waals surface area contributed by atoms with Crippen LogP contribution in [0.1, 0.15) is 11.3 Å². The molecule has 4 rings (SSSR count). The van der Waals surface area contributed by atoms with Gasteiger partial charge >= 0.3 is 0 Å². The molecule has 2 aliphatic rings. The lowest BCUT2D eigenvalue weighted by Crippen LogP contribution is -2.58. The fourth-order valence-corrected chi connectivity index (χ4v) is 4.98. The molecule has 2 amide bonds. The summed E-state index contributed by atoms with van der Waals surface area (Å²) in [6.07, 6.45) is 2.12. The van der Waals surface area contributed by atoms with E-state index in [1.54, 1.807) is 24.4 Å². The fraction of sp³-hybridized carbons (Fsp3) is 0.409. The molecule has 1 aromatic carbocycles. The number of halogens is 1. The van der Waals surface area contributed by atoms with E-state index in [0.29, 0.717) is 30.8 Å². The van der Waals surface area contributed by atoms with Gasteiger partial charge in [0.2, 0.25) is 11.8 Å². The van der Waals surface area contributed by atoms with Gasteiger partial charge in [-0.3, -0.25) is 19.5 Å². The minimum absolute atomic E-state index is 0.0299. The van der Waals surface area contributed by atoms with Crippen LogP contribution in [0.15, 0.2) is 48.7 Å². The first kappa shape index (κ1) is 20.8. The second-order valence-corrected chi connectivity index (χ2v) is 8.84. The van der Waals surface area contributed by atoms with Gasteiger partial charge in [-0.25, -0.2) is 4.39 Å². The predicted octanol–water partition coefficient (Wildman–Crippen LogP) is 1.71. The summed E-state index contributed by atoms with van der Waals surface area (Å²) < 4.78 is 13.9. The van der Waals surface area contributed by atoms with Crippen molar-refractivity contribution in [1.82, 2.24) is 20.1 Å². The number of piperazine rings is 1. The summed E-state index contributed by atoms with van der Waals surface area (Å²) in [7, 11) is 0. The molecule has 2 aliphatic heterocycles. The lowest BCUT2D eigenvalue weighted by atomic mass is 10.1. The van der Waals surface area contributed by atoms with Crippen LogP contribution < -0.4 is 5.32 Å². The predicted molar refractivity (Wildman–Crippen MR) is 114 cm³/mol. The Morgan fingerprint density at radius 2 is 1.90 bits per heavy atom. The lowest BCUT2D eigenvalue weighted by Gasteiger charge is -2.37. The van der Waals surface area contributed by atoms with Crippen molar-refractivity contribution in [2.24, 2.45) is 0 Å². The van der Waals surface area contributed by atoms with Gasteiger partial charge in [0.25, 0.3) is 0 Å². The zero-order chi connectivity index (χ0) is 20.9. The molecule has 2 fully saturated rings. The molecule has 2 atom stereocenters. The van der Waals surface area contributed by atoms with Gasteiger partial charge in [-0.1, -0.05) is 24.3 Å². The largest absolute Gasteiger partial charge is 0.343 e. The number of hydrogen-bond acceptors (Lipinski definition) is 5. The van der Waals surface area contributed by atoms with Crippen LogP contribution in [0.3, 0.4) is 0 Å². The number of benzene rings is 1. The highest BCUT2D eigenvalue weighted by Gasteiger charge is 2.35. The van der Waals surface area contributed by atoms with E-state index >= 15 is 0 Å². The van der Waals surface area contributed by atoms with Gasteiger partial charge in [-0.15, -0.1) is 11.8 Å². The third-order valence-corrected chi connectivity index (χ3v) is 6.84. The maximum atomic E-state index is 13.9. The molecule has 2 saturated heterocycles. The van der Waals surface area contributed by atoms with Crippen LogP contribution in [0.2, 0.25) is 0 Å². The topological polar surface area (TPSA) is 65.5 Å². The van der Waals surface area contributed by atoms with Crippen LogP contribution in [0.5, 0.6) is 0 Å². The van der Waals surface area contributed by atoms with Crippen molar-refractivity contribution in [3.8, 4) is 0 Å². The van der Waals surface area contributed by atoms with Crippen molar-refractivity contribution >= 4 is 23.6 Å². The summed E-state index contributed by atoms with van der Waals surface area (Å²) in [6.45, 7) is 3.62. The number of rotatable bonds is 5. The third-order valence-electron chi connectivity index (χ3n) is 5.53. The zero-order valence-electron chi connectivity index (χ0n) is 16.7. The van der Waals surface area contributed by atoms with Crippen LogP contribution in [-0.4, -0.2) is 69.8 Å². The molecule has 0 radical (unpaired) electrons. The highest BCUT2D eigenvalue weighted by molar-refractivity contribution is 8.00. The van der Waals surface area contributed by atoms with Crippen LogP contribution in [-0.2, 0) is 22.6 Å². The van der Waals surface area contributed by atoms with Gasteiger partial charge in [0, 0.05) is 44.7 Å². The molecule has 3 heterocycles. The highest BCUT2D eigenvalue weighted by Crippen LogP contribution is 2.24. The summed E-state index contributed by atoms with van der Waals surface area (Å²) in [6, 6.07) is 11.9. The molecule has 1 aromatic heterocycles. The van der Waals surface area contributed by atoms with Crippen molar-refractivity contribution in [3.63, 3.8) is 0 Å². The molecule has 0 spiro atoms. The molecule has 0 saturated carbocycles. The molecular weight excluding hydrogens is 403 g/mol. The number of carbonyl (C=O) groups excluding carboxylic acids is 2. The van der Waals surface area contributed by atoms with E-state index in [9.17, 15) is 14.0 Å². The summed E-state index contributed by atoms with van der Waals surface area (Å²) in [5, 5.41) is 2.48. The number of nitrogens with one attached hydrogen (secondary N) is 1. The molecule has 8 heteroatoms. The Morgan fingerprint density at radius 1 is 1.13 bits per heavy atom. The van der Waals surface area contributed by atoms with Gasteiger partial charge in [0.1, 0.15) is 11.9 Å². The van der Waals surface area contributed by atoms with Crippen LogP contribution in [0.4, 0.5) is 4.39 Å². The first-order chi connectivity index (χ1) is 14.6. The lowest BCUT2D eigenvalue weighted by molar-refractivity contribution is -0.137. The Labute approximate surface area is 179 Å². The van der Waals surface area contributed by atoms with E-state index in [1.165, 1.54) is 17.8 Å². The fourth-order valence-electron chi connectivity index (χ4n) is 3.81. The molecule has 30 heavy (non-hydrogen) atoms. The zero-order valence-corrected chi connectivity index (χ0v) is 17.5. The van der Waals surface area contributed by atoms with Crippen molar-refractivity contribution in [1.29, 1.82) is 0 Å². The van der Waals surface area contributed by atoms with E-state index < -0.39 is 6.04 Å². The van der Waals surface area contributed by atoms with E-state index in [2.05, 4.69) is 15.2 Å². The Bertz CT molecular complexity index is 890. The molecule has 1 N–H and O–H groups in total. The number of aromatic nitrogens is 1. The Balaban J connectivity index is 1.26. The van der Waals surface area contributed by atoms with Crippen molar-refractivity contribution < 1.29 is 14.0 Å². The van der Waals surface area contributed by atoms with Crippen LogP contribution in [0.25, 0.3) is 0 Å². The number of nitrogens with zero attached hydrogens (tertiary/aromatic N) is 3. The number of carbonyl (C=O) groups is 2. The summed E-state index contributed by atoms with van der Waals surface area (Å²) >= 11 is 1.43. The number of amides is 2. The van der Waals surface area contributed by atoms with Gasteiger partial charge in [-0.2, -0.15) is 0 Å². The first-order valence-electron chi connectivity index (χ1n) is 10.2. The molecule has 0 bridgehead atoms. The first-order valence-corrected chi connectivity index (χ1v) is 11.2. The van der Waals surface area contributed by atoms with E-state index in [0.717, 1.165) is 25.3 Å². The normalized spacial score (nSPS) is 22.6. The van der Waals surface area contributed by atoms with Crippen LogP contribution >= 0.6 is 11.8 Å². The number of hydrogen-bond donors (Lipinski definition) is 1. The summed E-state index contributed by atoms with van der Waals surface area (Å²) in [5.41, 5.74) is 1.55. The van der Waals surface area contributed by atoms with Crippen molar-refractivity contribution in [2.45, 2.75) is 24.3 Å². The summed E-state index contributed by atoms with van der Waals surface area (Å²) in [4.78, 5) is 33.9. The van der Waals surface area contributed by atoms with E-state index in [-0.39, 0.29) is 22.9 Å². The Morgan fingerprint density at radius 3 is 2.60 bits per heavy atom. The quantitative estimate of drug-likeness (QED) is 0.786. The monoisotopic (exact) mass is 428 g/mol. The second-order valence-electron chi connectivity index (χ2n) is 7.60. The smallest absolute Gasteiger partial charge is 0.246 e. The standard InChI is InChI=1S/C22H25FN4O2S/c23-18-7-2-1-5-16(18)13-20-21(28)25-19(15-30-20)22(29)27-11-9-26(10-12-27)14-17-6-3-4-8-24-17/h1-8,19-20H,9-15H2,(H,25,28)/t19-,20-/m0/s1. The molecule has 158 valence electrons. The van der Waals surface area contributed by atoms with Gasteiger partial charge < -0.3 is 10.2 Å². The second kappa shape index (κ2) is 9.57. The third kappa shape index (κ3) is 4.99. The average molecular weight is 429 g/mol. The van der Waals surface area contributed by atoms with Crippen molar-refractivity contribution in [2.75, 3.05) is 31.9 Å². The van der Waals surface area contributed by atoms with Gasteiger partial charge in [0.15, 0.2) is 0 Å². The van der Waals surface area contributed by atoms with Gasteiger partial charge in [-0.05, 0) is 30.2 Å². The van der Waals surface area contributed by atoms with Crippen LogP contribution in [0, 0.1) is 5.82 Å². The molecule has 2 aromatic rings. The maximum absolute atomic E-state index is 13.9. The molecule has 6 nitrogen and oxygen atoms in total. The Kier molecular flexibility index (Phi) is 6.64. The van der Waals surface area contributed by atoms with E-state index in [1.807, 2.05) is 23.1 Å². The minimum atomic E-state index is -0.512. The number of thioether (sulfide) groups is 1. The SMILES string of the molecule is O=C1N[C@H](C(=O)N2CCN(Cc3ccccn3)CC2)CS[C@H]1Cc1ccccc1F. The average Bonchev–Trinajstić information content (AvgIpc) is 2.77. The van der Waals surface area contributed by atoms with Crippen molar-refractivity contribution in [3.05, 3.63) is 65.7 Å². The summed E-state index contributed by atoms with van der Waals surface area (Å²) in [5.74, 6) is -0.00956. The minimum Gasteiger partial charge on any atom is -0.343 e. The maximum Gasteiger partial charge on any atom is 0.246 e. The van der Waals surface area contributed by atoms with Gasteiger partial charge in [0.05, 0.1) is 10.9 Å². The Hall–Kier alpha value is -2.45.